The van der Waals surface area contributed by atoms with Gasteiger partial charge in [-0.2, -0.15) is 0 Å². The number of fused-ring (bicyclic) bond motifs is 5. The molecule has 1 aromatic carbocycles. The number of hydrogen-bond donors (Lipinski definition) is 1. The number of unbranched alkanes of at least 4 members (excludes halogenated alkanes) is 3. The average molecular weight is 806 g/mol. The first-order chi connectivity index (χ1) is 23.9. The van der Waals surface area contributed by atoms with E-state index in [1.165, 1.54) is 31.4 Å². The lowest BCUT2D eigenvalue weighted by Crippen LogP contribution is -2.55. The Kier molecular flexibility index (Phi) is 15.7. The Balaban J connectivity index is 0.000000186. The Morgan fingerprint density at radius 2 is 1.45 bits per heavy atom. The third-order valence-electron chi connectivity index (χ3n) is 8.23. The van der Waals surface area contributed by atoms with Crippen LogP contribution >= 0.6 is 31.9 Å². The maximum atomic E-state index is 12.8. The van der Waals surface area contributed by atoms with E-state index in [1.807, 2.05) is 39.9 Å². The molecule has 3 aliphatic rings. The summed E-state index contributed by atoms with van der Waals surface area (Å²) in [5.41, 5.74) is 1.15. The van der Waals surface area contributed by atoms with E-state index < -0.39 is 0 Å². The van der Waals surface area contributed by atoms with Crippen molar-refractivity contribution < 1.29 is 19.1 Å². The van der Waals surface area contributed by atoms with Crippen molar-refractivity contribution in [1.29, 1.82) is 0 Å². The summed E-state index contributed by atoms with van der Waals surface area (Å²) < 4.78 is 14.8. The van der Waals surface area contributed by atoms with E-state index in [0.29, 0.717) is 37.8 Å². The summed E-state index contributed by atoms with van der Waals surface area (Å²) in [5.74, 6) is -0.0378. The van der Waals surface area contributed by atoms with Crippen LogP contribution in [-0.4, -0.2) is 69.5 Å². The van der Waals surface area contributed by atoms with Crippen LogP contribution in [0.15, 0.2) is 64.4 Å². The van der Waals surface area contributed by atoms with Crippen molar-refractivity contribution in [2.24, 2.45) is 0 Å². The fraction of sp³-hybridized carbons (Fsp3) is 0.500. The van der Waals surface area contributed by atoms with Crippen molar-refractivity contribution in [2.75, 3.05) is 48.6 Å². The van der Waals surface area contributed by atoms with E-state index in [9.17, 15) is 19.2 Å². The molecule has 3 aromatic rings. The molecule has 1 N–H and O–H groups in total. The molecule has 6 rings (SSSR count). The molecular weight excluding hydrogens is 758 g/mol. The lowest BCUT2D eigenvalue weighted by Gasteiger charge is -2.41. The second-order valence-corrected chi connectivity index (χ2v) is 13.5. The highest BCUT2D eigenvalue weighted by molar-refractivity contribution is 9.09. The number of rotatable bonds is 11. The lowest BCUT2D eigenvalue weighted by molar-refractivity contribution is 0.0670. The number of ether oxygens (including phenoxy) is 2. The third-order valence-corrected chi connectivity index (χ3v) is 9.35. The zero-order valence-corrected chi connectivity index (χ0v) is 31.4. The SMILES string of the molecule is BrCCCCCBr.CCCCOc1c2n(ccc1=O)N1CCCCCN(C1)C2=O.O=C1NCCn2ccc(=O)c(OCc3ccccc3)c21. The minimum absolute atomic E-state index is 0.0950. The highest BCUT2D eigenvalue weighted by Crippen LogP contribution is 2.23. The van der Waals surface area contributed by atoms with Crippen LogP contribution in [0.25, 0.3) is 0 Å². The van der Waals surface area contributed by atoms with Crippen LogP contribution in [0.3, 0.4) is 0 Å². The van der Waals surface area contributed by atoms with E-state index in [4.69, 9.17) is 9.47 Å². The van der Waals surface area contributed by atoms with E-state index in [-0.39, 0.29) is 40.8 Å². The number of benzene rings is 1. The molecule has 13 heteroatoms. The fourth-order valence-electron chi connectivity index (χ4n) is 5.59. The minimum Gasteiger partial charge on any atom is -0.487 e. The highest BCUT2D eigenvalue weighted by Gasteiger charge is 2.33. The monoisotopic (exact) mass is 803 g/mol. The van der Waals surface area contributed by atoms with Crippen molar-refractivity contribution in [3.05, 3.63) is 92.3 Å². The molecule has 0 spiro atoms. The summed E-state index contributed by atoms with van der Waals surface area (Å²) in [6.45, 7) is 6.22. The van der Waals surface area contributed by atoms with Gasteiger partial charge < -0.3 is 24.3 Å². The first-order valence-corrected chi connectivity index (χ1v) is 19.4. The number of pyridine rings is 2. The molecule has 0 radical (unpaired) electrons. The molecule has 5 heterocycles. The standard InChI is InChI=1S/C16H23N3O3.C15H14N2O3.C5H10Br2/c1-2-3-11-22-15-13(20)7-10-19-14(15)16(21)17-8-5-4-6-9-18(19)12-17;18-12-6-8-17-9-7-16-15(19)13(17)14(12)20-10-11-4-2-1-3-5-11;6-4-2-1-3-5-7/h7,10H,2-6,8-9,11-12H2,1H3;1-6,8H,7,9-10H2,(H,16,19);1-5H2. The summed E-state index contributed by atoms with van der Waals surface area (Å²) in [7, 11) is 0. The lowest BCUT2D eigenvalue weighted by atomic mass is 10.1. The molecule has 2 bridgehead atoms. The van der Waals surface area contributed by atoms with Crippen molar-refractivity contribution in [3.63, 3.8) is 0 Å². The molecule has 11 nitrogen and oxygen atoms in total. The molecule has 0 aliphatic carbocycles. The molecule has 266 valence electrons. The molecule has 2 aromatic heterocycles. The predicted molar refractivity (Wildman–Crippen MR) is 199 cm³/mol. The number of carbonyl (C=O) groups excluding carboxylic acids is 2. The van der Waals surface area contributed by atoms with Crippen LogP contribution in [0.4, 0.5) is 0 Å². The Bertz CT molecular complexity index is 1630. The number of nitrogens with zero attached hydrogens (tertiary/aromatic N) is 4. The van der Waals surface area contributed by atoms with Gasteiger partial charge >= 0.3 is 0 Å². The van der Waals surface area contributed by atoms with Crippen molar-refractivity contribution in [3.8, 4) is 11.5 Å². The van der Waals surface area contributed by atoms with Crippen LogP contribution < -0.4 is 30.7 Å². The molecular formula is C36H47Br2N5O6. The van der Waals surface area contributed by atoms with Crippen molar-refractivity contribution in [2.45, 2.75) is 71.4 Å². The van der Waals surface area contributed by atoms with Gasteiger partial charge in [-0.1, -0.05) is 82.0 Å². The summed E-state index contributed by atoms with van der Waals surface area (Å²) in [4.78, 5) is 50.6. The van der Waals surface area contributed by atoms with E-state index in [0.717, 1.165) is 61.4 Å². The van der Waals surface area contributed by atoms with E-state index in [1.54, 1.807) is 17.0 Å². The van der Waals surface area contributed by atoms with Gasteiger partial charge in [-0.15, -0.1) is 0 Å². The fourth-order valence-corrected chi connectivity index (χ4v) is 6.38. The van der Waals surface area contributed by atoms with Crippen LogP contribution in [0, 0.1) is 0 Å². The molecule has 0 unspecified atom stereocenters. The second-order valence-electron chi connectivity index (χ2n) is 11.9. The number of carbonyl (C=O) groups is 2. The van der Waals surface area contributed by atoms with Gasteiger partial charge in [0.15, 0.2) is 22.9 Å². The maximum absolute atomic E-state index is 12.8. The molecule has 1 saturated heterocycles. The molecule has 49 heavy (non-hydrogen) atoms. The number of nitrogens with one attached hydrogen (secondary N) is 1. The van der Waals surface area contributed by atoms with Crippen LogP contribution in [0.2, 0.25) is 0 Å². The molecule has 3 aliphatic heterocycles. The molecule has 2 amide bonds. The molecule has 1 fully saturated rings. The van der Waals surface area contributed by atoms with Crippen molar-refractivity contribution >= 4 is 43.7 Å². The maximum Gasteiger partial charge on any atom is 0.277 e. The van der Waals surface area contributed by atoms with Gasteiger partial charge in [0.2, 0.25) is 10.9 Å². The topological polar surface area (TPSA) is 115 Å². The van der Waals surface area contributed by atoms with Crippen LogP contribution in [0.5, 0.6) is 11.5 Å². The number of alkyl halides is 2. The Hall–Kier alpha value is -3.58. The minimum atomic E-state index is -0.274. The van der Waals surface area contributed by atoms with Gasteiger partial charge in [0.25, 0.3) is 11.8 Å². The number of halogens is 2. The predicted octanol–water partition coefficient (Wildman–Crippen LogP) is 5.68. The first-order valence-electron chi connectivity index (χ1n) is 17.1. The number of amides is 2. The first kappa shape index (κ1) is 38.2. The zero-order chi connectivity index (χ0) is 35.0. The van der Waals surface area contributed by atoms with Crippen molar-refractivity contribution in [1.82, 2.24) is 19.5 Å². The van der Waals surface area contributed by atoms with Crippen LogP contribution in [0.1, 0.15) is 84.8 Å². The molecule has 0 saturated carbocycles. The van der Waals surface area contributed by atoms with Crippen LogP contribution in [-0.2, 0) is 13.2 Å². The summed E-state index contributed by atoms with van der Waals surface area (Å²) in [5, 5.41) is 7.14. The Labute approximate surface area is 304 Å². The summed E-state index contributed by atoms with van der Waals surface area (Å²) in [6.07, 6.45) is 12.4. The highest BCUT2D eigenvalue weighted by atomic mass is 79.9. The van der Waals surface area contributed by atoms with E-state index in [2.05, 4.69) is 49.1 Å². The van der Waals surface area contributed by atoms with Gasteiger partial charge in [-0.05, 0) is 44.1 Å². The normalized spacial score (nSPS) is 14.8. The smallest absolute Gasteiger partial charge is 0.277 e. The van der Waals surface area contributed by atoms with Gasteiger partial charge in [0, 0.05) is 61.4 Å². The Morgan fingerprint density at radius 1 is 0.755 bits per heavy atom. The number of hydrogen-bond acceptors (Lipinski definition) is 7. The van der Waals surface area contributed by atoms with Gasteiger partial charge in [-0.25, -0.2) is 0 Å². The third kappa shape index (κ3) is 10.7. The van der Waals surface area contributed by atoms with Gasteiger partial charge in [0.1, 0.15) is 13.3 Å². The van der Waals surface area contributed by atoms with Gasteiger partial charge in [-0.3, -0.25) is 28.9 Å². The summed E-state index contributed by atoms with van der Waals surface area (Å²) >= 11 is 6.73. The van der Waals surface area contributed by atoms with E-state index >= 15 is 0 Å². The largest absolute Gasteiger partial charge is 0.487 e. The average Bonchev–Trinajstić information content (AvgIpc) is 3.10. The summed E-state index contributed by atoms with van der Waals surface area (Å²) in [6, 6.07) is 12.5. The zero-order valence-electron chi connectivity index (χ0n) is 28.2. The molecule has 0 atom stereocenters. The number of aromatic nitrogens is 2. The Morgan fingerprint density at radius 3 is 2.16 bits per heavy atom. The quantitative estimate of drug-likeness (QED) is 0.196. The van der Waals surface area contributed by atoms with Gasteiger partial charge in [0.05, 0.1) is 6.61 Å². The second kappa shape index (κ2) is 20.2.